The zero-order chi connectivity index (χ0) is 13.1. The molecule has 0 bridgehead atoms. The summed E-state index contributed by atoms with van der Waals surface area (Å²) in [6.07, 6.45) is 3.16. The Morgan fingerprint density at radius 3 is 2.83 bits per heavy atom. The third-order valence-corrected chi connectivity index (χ3v) is 3.21. The molecule has 0 atom stereocenters. The fourth-order valence-corrected chi connectivity index (χ4v) is 2.02. The van der Waals surface area contributed by atoms with Gasteiger partial charge in [0.1, 0.15) is 0 Å². The number of nitrogens with one attached hydrogen (secondary N) is 1. The zero-order valence-electron chi connectivity index (χ0n) is 9.11. The van der Waals surface area contributed by atoms with Crippen molar-refractivity contribution >= 4 is 44.6 Å². The van der Waals surface area contributed by atoms with Crippen LogP contribution in [0.3, 0.4) is 0 Å². The molecule has 1 heterocycles. The normalized spacial score (nSPS) is 9.83. The lowest BCUT2D eigenvalue weighted by Gasteiger charge is -2.12. The number of nitriles is 1. The number of rotatable bonds is 2. The van der Waals surface area contributed by atoms with E-state index in [1.165, 1.54) is 6.20 Å². The van der Waals surface area contributed by atoms with Crippen LogP contribution in [0.1, 0.15) is 5.56 Å². The van der Waals surface area contributed by atoms with Crippen molar-refractivity contribution in [2.45, 2.75) is 0 Å². The molecule has 0 spiro atoms. The van der Waals surface area contributed by atoms with Crippen LogP contribution in [-0.2, 0) is 0 Å². The molecule has 3 N–H and O–H groups in total. The number of nitrogens with zero attached hydrogens (tertiary/aromatic N) is 2. The molecule has 0 amide bonds. The van der Waals surface area contributed by atoms with Crippen LogP contribution >= 0.6 is 27.5 Å². The van der Waals surface area contributed by atoms with E-state index in [1.807, 2.05) is 0 Å². The van der Waals surface area contributed by atoms with Crippen molar-refractivity contribution in [3.8, 4) is 6.07 Å². The summed E-state index contributed by atoms with van der Waals surface area (Å²) >= 11 is 9.42. The molecule has 1 aromatic heterocycles. The minimum absolute atomic E-state index is 0.489. The molecule has 90 valence electrons. The van der Waals surface area contributed by atoms with E-state index in [9.17, 15) is 0 Å². The average molecular weight is 324 g/mol. The van der Waals surface area contributed by atoms with Gasteiger partial charge < -0.3 is 11.1 Å². The quantitative estimate of drug-likeness (QED) is 0.883. The van der Waals surface area contributed by atoms with Gasteiger partial charge in [-0.2, -0.15) is 5.26 Å². The monoisotopic (exact) mass is 322 g/mol. The summed E-state index contributed by atoms with van der Waals surface area (Å²) in [6.45, 7) is 0. The van der Waals surface area contributed by atoms with Gasteiger partial charge in [0, 0.05) is 6.20 Å². The summed E-state index contributed by atoms with van der Waals surface area (Å²) in [4.78, 5) is 3.95. The van der Waals surface area contributed by atoms with Crippen LogP contribution in [0.15, 0.2) is 35.1 Å². The van der Waals surface area contributed by atoms with Crippen molar-refractivity contribution in [1.29, 1.82) is 5.26 Å². The van der Waals surface area contributed by atoms with Crippen molar-refractivity contribution in [3.63, 3.8) is 0 Å². The number of nitrogen functional groups attached to an aromatic ring is 1. The maximum Gasteiger partial charge on any atom is 0.0992 e. The topological polar surface area (TPSA) is 74.7 Å². The number of pyridine rings is 1. The number of hydrogen-bond acceptors (Lipinski definition) is 4. The van der Waals surface area contributed by atoms with Gasteiger partial charge >= 0.3 is 0 Å². The molecule has 0 saturated heterocycles. The molecule has 6 heteroatoms. The maximum absolute atomic E-state index is 8.86. The van der Waals surface area contributed by atoms with E-state index in [0.717, 1.165) is 4.47 Å². The Labute approximate surface area is 118 Å². The second kappa shape index (κ2) is 5.25. The van der Waals surface area contributed by atoms with Gasteiger partial charge in [-0.1, -0.05) is 11.6 Å². The molecule has 0 aliphatic carbocycles. The fraction of sp³-hybridized carbons (Fsp3) is 0. The van der Waals surface area contributed by atoms with Crippen LogP contribution in [0.2, 0.25) is 5.02 Å². The van der Waals surface area contributed by atoms with Crippen molar-refractivity contribution in [2.24, 2.45) is 0 Å². The van der Waals surface area contributed by atoms with Gasteiger partial charge in [0.05, 0.1) is 44.4 Å². The van der Waals surface area contributed by atoms with Crippen molar-refractivity contribution in [1.82, 2.24) is 4.98 Å². The van der Waals surface area contributed by atoms with Crippen molar-refractivity contribution < 1.29 is 0 Å². The molecule has 2 rings (SSSR count). The van der Waals surface area contributed by atoms with E-state index in [1.54, 1.807) is 24.4 Å². The van der Waals surface area contributed by atoms with E-state index in [4.69, 9.17) is 22.6 Å². The van der Waals surface area contributed by atoms with E-state index < -0.39 is 0 Å². The van der Waals surface area contributed by atoms with E-state index >= 15 is 0 Å². The Kier molecular flexibility index (Phi) is 3.70. The summed E-state index contributed by atoms with van der Waals surface area (Å²) in [5.41, 5.74) is 8.12. The third-order valence-electron chi connectivity index (χ3n) is 2.28. The van der Waals surface area contributed by atoms with Gasteiger partial charge in [0.25, 0.3) is 0 Å². The van der Waals surface area contributed by atoms with Gasteiger partial charge in [-0.05, 0) is 34.1 Å². The molecule has 0 fully saturated rings. The number of benzene rings is 1. The summed E-state index contributed by atoms with van der Waals surface area (Å²) in [5.74, 6) is 0. The van der Waals surface area contributed by atoms with Gasteiger partial charge in [0.2, 0.25) is 0 Å². The SMILES string of the molecule is N#Cc1ccc(Cl)c(Nc2c(N)cncc2Br)c1. The molecule has 4 nitrogen and oxygen atoms in total. The summed E-state index contributed by atoms with van der Waals surface area (Å²) in [6, 6.07) is 7.03. The van der Waals surface area contributed by atoms with Gasteiger partial charge in [-0.15, -0.1) is 0 Å². The highest BCUT2D eigenvalue weighted by Crippen LogP contribution is 2.33. The van der Waals surface area contributed by atoms with E-state index in [-0.39, 0.29) is 0 Å². The maximum atomic E-state index is 8.86. The van der Waals surface area contributed by atoms with Crippen LogP contribution in [0.5, 0.6) is 0 Å². The molecule has 2 aromatic rings. The fourth-order valence-electron chi connectivity index (χ4n) is 1.41. The lowest BCUT2D eigenvalue weighted by Crippen LogP contribution is -1.99. The van der Waals surface area contributed by atoms with Crippen LogP contribution in [-0.4, -0.2) is 4.98 Å². The third kappa shape index (κ3) is 2.55. The molecule has 0 aliphatic rings. The van der Waals surface area contributed by atoms with E-state index in [2.05, 4.69) is 32.3 Å². The number of anilines is 3. The first-order valence-corrected chi connectivity index (χ1v) is 6.14. The summed E-state index contributed by atoms with van der Waals surface area (Å²) < 4.78 is 0.723. The molecular formula is C12H8BrClN4. The highest BCUT2D eigenvalue weighted by Gasteiger charge is 2.08. The zero-order valence-corrected chi connectivity index (χ0v) is 11.5. The van der Waals surface area contributed by atoms with Crippen LogP contribution < -0.4 is 11.1 Å². The molecule has 0 saturated carbocycles. The van der Waals surface area contributed by atoms with Gasteiger partial charge in [-0.3, -0.25) is 4.98 Å². The molecule has 0 unspecified atom stereocenters. The summed E-state index contributed by atoms with van der Waals surface area (Å²) in [7, 11) is 0. The van der Waals surface area contributed by atoms with Crippen LogP contribution in [0.4, 0.5) is 17.1 Å². The van der Waals surface area contributed by atoms with Crippen LogP contribution in [0.25, 0.3) is 0 Å². The predicted molar refractivity (Wildman–Crippen MR) is 75.8 cm³/mol. The Morgan fingerprint density at radius 2 is 2.17 bits per heavy atom. The molecular weight excluding hydrogens is 316 g/mol. The molecule has 18 heavy (non-hydrogen) atoms. The first-order chi connectivity index (χ1) is 8.61. The minimum atomic E-state index is 0.489. The largest absolute Gasteiger partial charge is 0.396 e. The molecule has 0 radical (unpaired) electrons. The average Bonchev–Trinajstić information content (AvgIpc) is 2.36. The van der Waals surface area contributed by atoms with Crippen LogP contribution in [0, 0.1) is 11.3 Å². The van der Waals surface area contributed by atoms with Crippen molar-refractivity contribution in [3.05, 3.63) is 45.7 Å². The minimum Gasteiger partial charge on any atom is -0.396 e. The van der Waals surface area contributed by atoms with E-state index in [0.29, 0.717) is 27.6 Å². The molecule has 1 aromatic carbocycles. The lowest BCUT2D eigenvalue weighted by molar-refractivity contribution is 1.31. The Hall–Kier alpha value is -1.77. The highest BCUT2D eigenvalue weighted by atomic mass is 79.9. The number of halogens is 2. The smallest absolute Gasteiger partial charge is 0.0992 e. The van der Waals surface area contributed by atoms with Crippen molar-refractivity contribution in [2.75, 3.05) is 11.1 Å². The first kappa shape index (κ1) is 12.7. The summed E-state index contributed by atoms with van der Waals surface area (Å²) in [5, 5.41) is 12.5. The number of hydrogen-bond donors (Lipinski definition) is 2. The van der Waals surface area contributed by atoms with Gasteiger partial charge in [0.15, 0.2) is 0 Å². The lowest BCUT2D eigenvalue weighted by atomic mass is 10.2. The Bertz CT molecular complexity index is 616. The van der Waals surface area contributed by atoms with Gasteiger partial charge in [-0.25, -0.2) is 0 Å². The molecule has 0 aliphatic heterocycles. The second-order valence-electron chi connectivity index (χ2n) is 3.52. The predicted octanol–water partition coefficient (Wildman–Crippen LogP) is 3.69. The Balaban J connectivity index is 2.43. The standard InChI is InChI=1S/C12H8BrClN4/c13-8-5-17-6-10(16)12(8)18-11-3-7(4-15)1-2-9(11)14/h1-3,5-6H,16H2,(H,17,18). The number of nitrogens with two attached hydrogens (primary N) is 1. The Morgan fingerprint density at radius 1 is 1.39 bits per heavy atom. The first-order valence-electron chi connectivity index (χ1n) is 4.97. The number of aromatic nitrogens is 1. The highest BCUT2D eigenvalue weighted by molar-refractivity contribution is 9.10. The second-order valence-corrected chi connectivity index (χ2v) is 4.78.